The van der Waals surface area contributed by atoms with E-state index in [4.69, 9.17) is 23.7 Å². The Bertz CT molecular complexity index is 2370. The highest BCUT2D eigenvalue weighted by Gasteiger charge is 2.45. The van der Waals surface area contributed by atoms with Crippen LogP contribution >= 0.6 is 0 Å². The zero-order valence-corrected chi connectivity index (χ0v) is 33.7. The van der Waals surface area contributed by atoms with Gasteiger partial charge in [0, 0.05) is 40.3 Å². The van der Waals surface area contributed by atoms with Crippen LogP contribution in [0.3, 0.4) is 0 Å². The van der Waals surface area contributed by atoms with E-state index in [2.05, 4.69) is 20.8 Å². The van der Waals surface area contributed by atoms with Crippen molar-refractivity contribution in [2.75, 3.05) is 39.9 Å². The lowest BCUT2D eigenvalue weighted by Gasteiger charge is -2.09. The van der Waals surface area contributed by atoms with Gasteiger partial charge in [-0.25, -0.2) is 10.2 Å². The fourth-order valence-corrected chi connectivity index (χ4v) is 6.87. The third-order valence-electron chi connectivity index (χ3n) is 10.0. The van der Waals surface area contributed by atoms with E-state index in [9.17, 15) is 19.2 Å². The van der Waals surface area contributed by atoms with Gasteiger partial charge in [0.2, 0.25) is 5.91 Å². The van der Waals surface area contributed by atoms with E-state index in [1.54, 1.807) is 52.8 Å². The number of ether oxygens (including phenoxy) is 5. The molecule has 59 heavy (non-hydrogen) atoms. The molecule has 3 aliphatic rings. The number of nitrogens with zero attached hydrogens (tertiary/aromatic N) is 1. The number of carbonyl (C=O) groups is 4. The Hall–Kier alpha value is -6.89. The van der Waals surface area contributed by atoms with Crippen molar-refractivity contribution in [1.29, 1.82) is 0 Å². The van der Waals surface area contributed by atoms with Gasteiger partial charge in [-0.3, -0.25) is 14.4 Å². The van der Waals surface area contributed by atoms with Crippen molar-refractivity contribution < 1.29 is 42.9 Å². The number of methoxy groups -OCH3 is 3. The van der Waals surface area contributed by atoms with Crippen molar-refractivity contribution in [2.24, 2.45) is 16.9 Å². The number of esters is 2. The van der Waals surface area contributed by atoms with Crippen LogP contribution in [0.2, 0.25) is 0 Å². The highest BCUT2D eigenvalue weighted by Crippen LogP contribution is 2.49. The second-order valence-electron chi connectivity index (χ2n) is 13.9. The van der Waals surface area contributed by atoms with Gasteiger partial charge >= 0.3 is 11.9 Å². The third-order valence-corrected chi connectivity index (χ3v) is 10.0. The van der Waals surface area contributed by atoms with Crippen molar-refractivity contribution in [3.8, 4) is 17.2 Å². The molecule has 5 aromatic rings. The fraction of sp³-hybridized carbons (Fsp3) is 0.283. The summed E-state index contributed by atoms with van der Waals surface area (Å²) >= 11 is 0. The molecular formula is C46H48N4O9. The van der Waals surface area contributed by atoms with E-state index < -0.39 is 0 Å². The van der Waals surface area contributed by atoms with Crippen LogP contribution in [-0.2, 0) is 23.9 Å². The molecule has 0 radical (unpaired) electrons. The van der Waals surface area contributed by atoms with E-state index in [0.717, 1.165) is 63.2 Å². The Kier molecular flexibility index (Phi) is 13.8. The molecule has 306 valence electrons. The van der Waals surface area contributed by atoms with E-state index in [1.807, 2.05) is 85.8 Å². The van der Waals surface area contributed by atoms with E-state index in [0.29, 0.717) is 30.4 Å². The zero-order valence-electron chi connectivity index (χ0n) is 33.7. The summed E-state index contributed by atoms with van der Waals surface area (Å²) < 4.78 is 25.3. The number of nitrogens with one attached hydrogen (secondary N) is 3. The lowest BCUT2D eigenvalue weighted by molar-refractivity contribution is -0.144. The summed E-state index contributed by atoms with van der Waals surface area (Å²) in [5, 5.41) is 7.67. The van der Waals surface area contributed by atoms with Gasteiger partial charge < -0.3 is 34.0 Å². The topological polar surface area (TPSA) is 167 Å². The number of amides is 2. The summed E-state index contributed by atoms with van der Waals surface area (Å²) in [4.78, 5) is 50.7. The predicted octanol–water partition coefficient (Wildman–Crippen LogP) is 7.63. The number of benzene rings is 4. The molecule has 2 heterocycles. The van der Waals surface area contributed by atoms with Crippen LogP contribution in [0.4, 0.5) is 5.69 Å². The molecule has 2 aliphatic carbocycles. The Balaban J connectivity index is 0.000000162. The Morgan fingerprint density at radius 2 is 1.39 bits per heavy atom. The smallest absolute Gasteiger partial charge is 0.330 e. The van der Waals surface area contributed by atoms with Gasteiger partial charge in [-0.05, 0) is 110 Å². The number of aromatic amines is 1. The van der Waals surface area contributed by atoms with Crippen molar-refractivity contribution in [3.63, 3.8) is 0 Å². The van der Waals surface area contributed by atoms with Gasteiger partial charge in [-0.1, -0.05) is 36.4 Å². The van der Waals surface area contributed by atoms with Crippen LogP contribution in [0.25, 0.3) is 17.0 Å². The average Bonchev–Trinajstić information content (AvgIpc) is 4.19. The molecule has 2 fully saturated rings. The molecule has 0 spiro atoms. The van der Waals surface area contributed by atoms with Crippen molar-refractivity contribution in [1.82, 2.24) is 10.4 Å². The number of anilines is 1. The second kappa shape index (κ2) is 19.5. The first-order valence-corrected chi connectivity index (χ1v) is 19.4. The molecule has 4 aromatic carbocycles. The maximum absolute atomic E-state index is 12.7. The number of hydrogen-bond donors (Lipinski definition) is 3. The Labute approximate surface area is 342 Å². The minimum absolute atomic E-state index is 0.0450. The normalized spacial score (nSPS) is 18.2. The van der Waals surface area contributed by atoms with Crippen LogP contribution in [-0.4, -0.2) is 69.5 Å². The van der Waals surface area contributed by atoms with Crippen LogP contribution in [0.1, 0.15) is 71.1 Å². The lowest BCUT2D eigenvalue weighted by Crippen LogP contribution is -2.18. The first kappa shape index (κ1) is 41.7. The molecule has 2 saturated carbocycles. The van der Waals surface area contributed by atoms with Crippen molar-refractivity contribution in [3.05, 3.63) is 125 Å². The molecule has 8 rings (SSSR count). The van der Waals surface area contributed by atoms with Crippen LogP contribution in [0.5, 0.6) is 17.2 Å². The summed E-state index contributed by atoms with van der Waals surface area (Å²) in [6.45, 7) is 4.46. The Morgan fingerprint density at radius 3 is 2.03 bits per heavy atom. The molecule has 4 atom stereocenters. The monoisotopic (exact) mass is 800 g/mol. The fourth-order valence-electron chi connectivity index (χ4n) is 6.87. The summed E-state index contributed by atoms with van der Waals surface area (Å²) in [6.07, 6.45) is 8.19. The SMILES string of the molecule is CCOC(=O)C1CC1c1cccc(OC)c1.CCOC(=O)C=Cc1cccc(OC)c1.COc1cccc(C2CC2C(=O)Nc2cc3c4c(c[nH]c4c2)C=NNC3=O)c1. The van der Waals surface area contributed by atoms with Crippen LogP contribution < -0.4 is 25.0 Å². The molecule has 1 aliphatic heterocycles. The first-order valence-electron chi connectivity index (χ1n) is 19.4. The summed E-state index contributed by atoms with van der Waals surface area (Å²) in [7, 11) is 4.89. The van der Waals surface area contributed by atoms with Gasteiger partial charge in [0.25, 0.3) is 5.91 Å². The zero-order chi connectivity index (χ0) is 41.9. The lowest BCUT2D eigenvalue weighted by atomic mass is 10.0. The summed E-state index contributed by atoms with van der Waals surface area (Å²) in [5.74, 6) is 2.12. The number of carbonyl (C=O) groups excluding carboxylic acids is 4. The number of hydrogen-bond acceptors (Lipinski definition) is 10. The van der Waals surface area contributed by atoms with Crippen molar-refractivity contribution >= 4 is 52.6 Å². The van der Waals surface area contributed by atoms with Crippen LogP contribution in [0, 0.1) is 11.8 Å². The van der Waals surface area contributed by atoms with Gasteiger partial charge in [0.1, 0.15) is 17.2 Å². The quantitative estimate of drug-likeness (QED) is 0.0850. The maximum atomic E-state index is 12.7. The van der Waals surface area contributed by atoms with Gasteiger partial charge in [0.05, 0.1) is 52.2 Å². The average molecular weight is 801 g/mol. The van der Waals surface area contributed by atoms with Gasteiger partial charge in [0.15, 0.2) is 0 Å². The molecule has 1 aromatic heterocycles. The molecule has 4 unspecified atom stereocenters. The highest BCUT2D eigenvalue weighted by atomic mass is 16.5. The summed E-state index contributed by atoms with van der Waals surface area (Å²) in [6, 6.07) is 26.7. The molecule has 3 N–H and O–H groups in total. The van der Waals surface area contributed by atoms with E-state index in [-0.39, 0.29) is 41.5 Å². The highest BCUT2D eigenvalue weighted by molar-refractivity contribution is 6.15. The number of rotatable bonds is 12. The largest absolute Gasteiger partial charge is 0.497 e. The van der Waals surface area contributed by atoms with Crippen molar-refractivity contribution in [2.45, 2.75) is 38.5 Å². The standard InChI is InChI=1S/C21H18N4O3.C13H16O3.C12H14O3/c1-28-14-4-2-3-11(5-14)15-8-16(15)20(26)24-13-6-17-19-12(9-22-18(19)7-13)10-23-25-21(17)27;1-3-16-13(14)12-8-11(12)9-5-4-6-10(7-9)15-2;1-3-15-12(13)8-7-10-5-4-6-11(9-10)14-2/h2-7,9-10,15-16,22H,8H2,1H3,(H,24,26)(H,25,27);4-7,11-12H,3,8H2,1-2H3;4-9H,3H2,1-2H3. The summed E-state index contributed by atoms with van der Waals surface area (Å²) in [5.41, 5.74) is 8.36. The first-order chi connectivity index (χ1) is 28.7. The minimum atomic E-state index is -0.333. The van der Waals surface area contributed by atoms with Crippen LogP contribution in [0.15, 0.2) is 102 Å². The minimum Gasteiger partial charge on any atom is -0.497 e. The molecular weight excluding hydrogens is 753 g/mol. The maximum Gasteiger partial charge on any atom is 0.330 e. The molecule has 0 saturated heterocycles. The molecule has 2 amide bonds. The second-order valence-corrected chi connectivity index (χ2v) is 13.9. The van der Waals surface area contributed by atoms with Gasteiger partial charge in [-0.15, -0.1) is 0 Å². The number of hydrazone groups is 1. The Morgan fingerprint density at radius 1 is 0.780 bits per heavy atom. The predicted molar refractivity (Wildman–Crippen MR) is 225 cm³/mol. The number of aromatic nitrogens is 1. The third kappa shape index (κ3) is 10.7. The molecule has 13 nitrogen and oxygen atoms in total. The van der Waals surface area contributed by atoms with E-state index >= 15 is 0 Å². The molecule has 0 bridgehead atoms. The molecule has 13 heteroatoms. The number of H-pyrrole nitrogens is 1. The van der Waals surface area contributed by atoms with Gasteiger partial charge in [-0.2, -0.15) is 5.10 Å². The van der Waals surface area contributed by atoms with E-state index in [1.165, 1.54) is 6.08 Å².